The topological polar surface area (TPSA) is 67.8 Å². The van der Waals surface area contributed by atoms with Crippen LogP contribution < -0.4 is 10.1 Å². The molecule has 0 bridgehead atoms. The summed E-state index contributed by atoms with van der Waals surface area (Å²) in [6.45, 7) is 6.44. The maximum Gasteiger partial charge on any atom is 0.407 e. The molecule has 0 aliphatic rings. The predicted molar refractivity (Wildman–Crippen MR) is 111 cm³/mol. The van der Waals surface area contributed by atoms with E-state index in [9.17, 15) is 9.90 Å². The molecule has 2 aromatic carbocycles. The molecule has 0 spiro atoms. The fourth-order valence-electron chi connectivity index (χ4n) is 2.69. The largest absolute Gasteiger partial charge is 0.494 e. The van der Waals surface area contributed by atoms with E-state index in [2.05, 4.69) is 17.4 Å². The second-order valence-corrected chi connectivity index (χ2v) is 7.74. The summed E-state index contributed by atoms with van der Waals surface area (Å²) in [5.41, 5.74) is 1.56. The summed E-state index contributed by atoms with van der Waals surface area (Å²) in [7, 11) is 0. The molecule has 0 heterocycles. The highest BCUT2D eigenvalue weighted by Crippen LogP contribution is 2.23. The summed E-state index contributed by atoms with van der Waals surface area (Å²) in [6, 6.07) is 17.7. The number of aryl methyl sites for hydroxylation is 1. The Morgan fingerprint density at radius 1 is 1.11 bits per heavy atom. The number of alkyl carbamates (subject to hydrolysis) is 1. The van der Waals surface area contributed by atoms with Gasteiger partial charge in [-0.2, -0.15) is 0 Å². The molecule has 0 radical (unpaired) electrons. The SMILES string of the molecule is CC(C)(C)OC(=O)NCCCOc1cccc(C(O)CCc2ccccc2)c1. The Kier molecular flexibility index (Phi) is 8.33. The van der Waals surface area contributed by atoms with Gasteiger partial charge in [0.2, 0.25) is 0 Å². The molecule has 0 saturated carbocycles. The molecule has 152 valence electrons. The fourth-order valence-corrected chi connectivity index (χ4v) is 2.69. The van der Waals surface area contributed by atoms with Gasteiger partial charge in [-0.05, 0) is 63.3 Å². The van der Waals surface area contributed by atoms with E-state index in [-0.39, 0.29) is 0 Å². The number of hydrogen-bond donors (Lipinski definition) is 2. The zero-order chi connectivity index (χ0) is 20.4. The first-order chi connectivity index (χ1) is 13.3. The van der Waals surface area contributed by atoms with Crippen molar-refractivity contribution in [1.29, 1.82) is 0 Å². The quantitative estimate of drug-likeness (QED) is 0.617. The van der Waals surface area contributed by atoms with Crippen LogP contribution >= 0.6 is 0 Å². The van der Waals surface area contributed by atoms with E-state index in [1.54, 1.807) is 0 Å². The van der Waals surface area contributed by atoms with Crippen LogP contribution in [0.5, 0.6) is 5.75 Å². The molecule has 2 rings (SSSR count). The van der Waals surface area contributed by atoms with Crippen LogP contribution in [0, 0.1) is 0 Å². The molecule has 2 aromatic rings. The van der Waals surface area contributed by atoms with Crippen LogP contribution in [0.4, 0.5) is 4.79 Å². The van der Waals surface area contributed by atoms with Gasteiger partial charge in [0, 0.05) is 6.54 Å². The van der Waals surface area contributed by atoms with Gasteiger partial charge in [-0.1, -0.05) is 42.5 Å². The molecule has 5 nitrogen and oxygen atoms in total. The maximum absolute atomic E-state index is 11.6. The number of nitrogens with one attached hydrogen (secondary N) is 1. The number of carbonyl (C=O) groups is 1. The number of ether oxygens (including phenoxy) is 2. The van der Waals surface area contributed by atoms with E-state index in [1.165, 1.54) is 5.56 Å². The lowest BCUT2D eigenvalue weighted by Gasteiger charge is -2.19. The summed E-state index contributed by atoms with van der Waals surface area (Å²) in [5, 5.41) is 13.2. The molecule has 0 aliphatic heterocycles. The van der Waals surface area contributed by atoms with E-state index in [1.807, 2.05) is 63.2 Å². The first-order valence-electron chi connectivity index (χ1n) is 9.75. The predicted octanol–water partition coefficient (Wildman–Crippen LogP) is 4.65. The van der Waals surface area contributed by atoms with Gasteiger partial charge in [-0.3, -0.25) is 0 Å². The van der Waals surface area contributed by atoms with Crippen molar-refractivity contribution in [2.75, 3.05) is 13.2 Å². The summed E-state index contributed by atoms with van der Waals surface area (Å²) in [6.07, 6.45) is 1.20. The van der Waals surface area contributed by atoms with E-state index in [0.29, 0.717) is 31.7 Å². The monoisotopic (exact) mass is 385 g/mol. The molecule has 0 fully saturated rings. The highest BCUT2D eigenvalue weighted by atomic mass is 16.6. The van der Waals surface area contributed by atoms with Gasteiger partial charge in [-0.15, -0.1) is 0 Å². The average Bonchev–Trinajstić information content (AvgIpc) is 2.65. The normalized spacial score (nSPS) is 12.3. The molecule has 5 heteroatoms. The van der Waals surface area contributed by atoms with Crippen LogP contribution in [0.1, 0.15) is 50.8 Å². The molecule has 1 amide bonds. The lowest BCUT2D eigenvalue weighted by Crippen LogP contribution is -2.33. The van der Waals surface area contributed by atoms with E-state index in [4.69, 9.17) is 9.47 Å². The third-order valence-corrected chi connectivity index (χ3v) is 4.05. The molecule has 1 unspecified atom stereocenters. The minimum atomic E-state index is -0.530. The zero-order valence-electron chi connectivity index (χ0n) is 17.0. The van der Waals surface area contributed by atoms with Crippen molar-refractivity contribution >= 4 is 6.09 Å². The van der Waals surface area contributed by atoms with Gasteiger partial charge >= 0.3 is 6.09 Å². The van der Waals surface area contributed by atoms with Crippen molar-refractivity contribution in [3.8, 4) is 5.75 Å². The Labute approximate surface area is 167 Å². The van der Waals surface area contributed by atoms with E-state index >= 15 is 0 Å². The molecule has 1 atom stereocenters. The van der Waals surface area contributed by atoms with Crippen molar-refractivity contribution < 1.29 is 19.4 Å². The first-order valence-corrected chi connectivity index (χ1v) is 9.75. The van der Waals surface area contributed by atoms with Crippen LogP contribution in [0.3, 0.4) is 0 Å². The Bertz CT molecular complexity index is 725. The summed E-state index contributed by atoms with van der Waals surface area (Å²) >= 11 is 0. The lowest BCUT2D eigenvalue weighted by molar-refractivity contribution is 0.0525. The Morgan fingerprint density at radius 3 is 2.57 bits per heavy atom. The van der Waals surface area contributed by atoms with Crippen LogP contribution in [-0.4, -0.2) is 30.0 Å². The van der Waals surface area contributed by atoms with Crippen LogP contribution in [-0.2, 0) is 11.2 Å². The van der Waals surface area contributed by atoms with Crippen LogP contribution in [0.15, 0.2) is 54.6 Å². The van der Waals surface area contributed by atoms with Crippen LogP contribution in [0.25, 0.3) is 0 Å². The molecule has 28 heavy (non-hydrogen) atoms. The first kappa shape index (κ1) is 21.8. The lowest BCUT2D eigenvalue weighted by atomic mass is 10.0. The van der Waals surface area contributed by atoms with Gasteiger partial charge < -0.3 is 19.9 Å². The standard InChI is InChI=1S/C23H31NO4/c1-23(2,3)28-22(26)24-15-8-16-27-20-12-7-11-19(17-20)21(25)14-13-18-9-5-4-6-10-18/h4-7,9-12,17,21,25H,8,13-16H2,1-3H3,(H,24,26). The van der Waals surface area contributed by atoms with E-state index < -0.39 is 17.8 Å². The highest BCUT2D eigenvalue weighted by molar-refractivity contribution is 5.67. The molecule has 0 aliphatic carbocycles. The zero-order valence-corrected chi connectivity index (χ0v) is 17.0. The van der Waals surface area contributed by atoms with Crippen molar-refractivity contribution in [2.24, 2.45) is 0 Å². The fraction of sp³-hybridized carbons (Fsp3) is 0.435. The Morgan fingerprint density at radius 2 is 1.86 bits per heavy atom. The van der Waals surface area contributed by atoms with Gasteiger partial charge in [-0.25, -0.2) is 4.79 Å². The van der Waals surface area contributed by atoms with Gasteiger partial charge in [0.05, 0.1) is 12.7 Å². The maximum atomic E-state index is 11.6. The van der Waals surface area contributed by atoms with Gasteiger partial charge in [0.15, 0.2) is 0 Å². The number of carbonyl (C=O) groups excluding carboxylic acids is 1. The van der Waals surface area contributed by atoms with Gasteiger partial charge in [0.1, 0.15) is 11.4 Å². The number of amides is 1. The Hall–Kier alpha value is -2.53. The molecular weight excluding hydrogens is 354 g/mol. The summed E-state index contributed by atoms with van der Waals surface area (Å²) in [4.78, 5) is 11.6. The van der Waals surface area contributed by atoms with Crippen molar-refractivity contribution in [1.82, 2.24) is 5.32 Å². The minimum Gasteiger partial charge on any atom is -0.494 e. The minimum absolute atomic E-state index is 0.420. The smallest absolute Gasteiger partial charge is 0.407 e. The third-order valence-electron chi connectivity index (χ3n) is 4.05. The molecular formula is C23H31NO4. The van der Waals surface area contributed by atoms with Crippen molar-refractivity contribution in [3.63, 3.8) is 0 Å². The second kappa shape index (κ2) is 10.7. The average molecular weight is 386 g/mol. The van der Waals surface area contributed by atoms with Crippen molar-refractivity contribution in [2.45, 2.75) is 51.7 Å². The van der Waals surface area contributed by atoms with E-state index in [0.717, 1.165) is 12.0 Å². The number of hydrogen-bond acceptors (Lipinski definition) is 4. The summed E-state index contributed by atoms with van der Waals surface area (Å²) in [5.74, 6) is 0.716. The summed E-state index contributed by atoms with van der Waals surface area (Å²) < 4.78 is 10.9. The number of benzene rings is 2. The van der Waals surface area contributed by atoms with Crippen LogP contribution in [0.2, 0.25) is 0 Å². The number of rotatable bonds is 9. The van der Waals surface area contributed by atoms with Crippen molar-refractivity contribution in [3.05, 3.63) is 65.7 Å². The molecule has 2 N–H and O–H groups in total. The Balaban J connectivity index is 1.71. The number of aliphatic hydroxyl groups is 1. The third kappa shape index (κ3) is 8.44. The highest BCUT2D eigenvalue weighted by Gasteiger charge is 2.15. The van der Waals surface area contributed by atoms with Gasteiger partial charge in [0.25, 0.3) is 0 Å². The molecule has 0 saturated heterocycles. The molecule has 0 aromatic heterocycles. The second-order valence-electron chi connectivity index (χ2n) is 7.74. The number of aliphatic hydroxyl groups excluding tert-OH is 1.